The standard InChI is InChI=1S/C15H26N2O3S/c1-15(2)6-8-16(9-10-21-15)14(20)17-7-5-12(11-17)3-4-13(18)19/h12H,3-11H2,1-2H3,(H,18,19). The maximum Gasteiger partial charge on any atom is 0.320 e. The van der Waals surface area contributed by atoms with Crippen molar-refractivity contribution in [3.05, 3.63) is 0 Å². The molecule has 0 spiro atoms. The van der Waals surface area contributed by atoms with Crippen LogP contribution in [0.15, 0.2) is 0 Å². The lowest BCUT2D eigenvalue weighted by molar-refractivity contribution is -0.137. The Bertz CT molecular complexity index is 400. The first-order valence-corrected chi connectivity index (χ1v) is 8.75. The number of hydrogen-bond acceptors (Lipinski definition) is 3. The third-order valence-corrected chi connectivity index (χ3v) is 5.80. The molecular weight excluding hydrogens is 288 g/mol. The lowest BCUT2D eigenvalue weighted by atomic mass is 10.0. The lowest BCUT2D eigenvalue weighted by Crippen LogP contribution is -2.43. The molecule has 2 aliphatic rings. The fourth-order valence-corrected chi connectivity index (χ4v) is 4.08. The van der Waals surface area contributed by atoms with Gasteiger partial charge in [0.15, 0.2) is 0 Å². The molecule has 1 unspecified atom stereocenters. The number of thioether (sulfide) groups is 1. The van der Waals surface area contributed by atoms with Crippen molar-refractivity contribution in [2.24, 2.45) is 5.92 Å². The van der Waals surface area contributed by atoms with Crippen LogP contribution in [0, 0.1) is 5.92 Å². The van der Waals surface area contributed by atoms with E-state index in [0.29, 0.717) is 12.3 Å². The summed E-state index contributed by atoms with van der Waals surface area (Å²) in [5.74, 6) is 0.601. The first-order valence-electron chi connectivity index (χ1n) is 7.77. The number of hydrogen-bond donors (Lipinski definition) is 1. The predicted octanol–water partition coefficient (Wildman–Crippen LogP) is 2.51. The van der Waals surface area contributed by atoms with Crippen LogP contribution in [0.1, 0.15) is 39.5 Å². The Kier molecular flexibility index (Phi) is 5.41. The van der Waals surface area contributed by atoms with Gasteiger partial charge >= 0.3 is 12.0 Å². The molecule has 0 aromatic heterocycles. The molecule has 0 saturated carbocycles. The second kappa shape index (κ2) is 6.90. The predicted molar refractivity (Wildman–Crippen MR) is 84.7 cm³/mol. The van der Waals surface area contributed by atoms with Crippen molar-refractivity contribution in [2.45, 2.75) is 44.3 Å². The third-order valence-electron chi connectivity index (χ3n) is 4.43. The number of carboxylic acid groups (broad SMARTS) is 1. The minimum atomic E-state index is -0.744. The number of amides is 2. The molecule has 6 heteroatoms. The first kappa shape index (κ1) is 16.5. The van der Waals surface area contributed by atoms with Gasteiger partial charge in [0, 0.05) is 43.1 Å². The fraction of sp³-hybridized carbons (Fsp3) is 0.867. The zero-order valence-corrected chi connectivity index (χ0v) is 13.8. The van der Waals surface area contributed by atoms with Gasteiger partial charge in [-0.05, 0) is 25.2 Å². The Labute approximate surface area is 131 Å². The highest BCUT2D eigenvalue weighted by Crippen LogP contribution is 2.31. The van der Waals surface area contributed by atoms with E-state index in [1.165, 1.54) is 0 Å². The molecule has 2 rings (SSSR count). The average molecular weight is 314 g/mol. The summed E-state index contributed by atoms with van der Waals surface area (Å²) < 4.78 is 0.254. The Balaban J connectivity index is 1.82. The Hall–Kier alpha value is -0.910. The van der Waals surface area contributed by atoms with Gasteiger partial charge in [-0.1, -0.05) is 13.8 Å². The Morgan fingerprint density at radius 3 is 2.71 bits per heavy atom. The summed E-state index contributed by atoms with van der Waals surface area (Å²) in [5.41, 5.74) is 0. The first-order chi connectivity index (χ1) is 9.87. The fourth-order valence-electron chi connectivity index (χ4n) is 2.98. The van der Waals surface area contributed by atoms with E-state index in [-0.39, 0.29) is 17.2 Å². The van der Waals surface area contributed by atoms with Crippen molar-refractivity contribution in [1.82, 2.24) is 9.80 Å². The second-order valence-corrected chi connectivity index (χ2v) is 8.46. The molecule has 21 heavy (non-hydrogen) atoms. The van der Waals surface area contributed by atoms with Crippen LogP contribution in [0.4, 0.5) is 4.79 Å². The summed E-state index contributed by atoms with van der Waals surface area (Å²) in [7, 11) is 0. The maximum absolute atomic E-state index is 12.6. The van der Waals surface area contributed by atoms with Crippen LogP contribution < -0.4 is 0 Å². The lowest BCUT2D eigenvalue weighted by Gasteiger charge is -2.27. The highest BCUT2D eigenvalue weighted by molar-refractivity contribution is 8.00. The molecule has 0 bridgehead atoms. The molecule has 5 nitrogen and oxygen atoms in total. The SMILES string of the molecule is CC1(C)CCN(C(=O)N2CCC(CCC(=O)O)C2)CCS1. The summed E-state index contributed by atoms with van der Waals surface area (Å²) in [6, 6.07) is 0.145. The van der Waals surface area contributed by atoms with Crippen molar-refractivity contribution in [2.75, 3.05) is 31.9 Å². The number of aliphatic carboxylic acids is 1. The van der Waals surface area contributed by atoms with Gasteiger partial charge in [-0.3, -0.25) is 4.79 Å². The zero-order chi connectivity index (χ0) is 15.5. The van der Waals surface area contributed by atoms with Gasteiger partial charge in [-0.2, -0.15) is 11.8 Å². The number of rotatable bonds is 3. The van der Waals surface area contributed by atoms with Crippen LogP contribution in [-0.2, 0) is 4.79 Å². The number of carboxylic acids is 1. The van der Waals surface area contributed by atoms with Gasteiger partial charge < -0.3 is 14.9 Å². The molecular formula is C15H26N2O3S. The maximum atomic E-state index is 12.6. The summed E-state index contributed by atoms with van der Waals surface area (Å²) in [4.78, 5) is 27.1. The van der Waals surface area contributed by atoms with E-state index in [0.717, 1.165) is 44.8 Å². The largest absolute Gasteiger partial charge is 0.481 e. The van der Waals surface area contributed by atoms with Crippen LogP contribution >= 0.6 is 11.8 Å². The van der Waals surface area contributed by atoms with E-state index in [9.17, 15) is 9.59 Å². The average Bonchev–Trinajstić information content (AvgIpc) is 2.80. The van der Waals surface area contributed by atoms with E-state index in [4.69, 9.17) is 5.11 Å². The van der Waals surface area contributed by atoms with Gasteiger partial charge in [0.1, 0.15) is 0 Å². The van der Waals surface area contributed by atoms with E-state index in [1.54, 1.807) is 0 Å². The Morgan fingerprint density at radius 1 is 1.24 bits per heavy atom. The Morgan fingerprint density at radius 2 is 2.00 bits per heavy atom. The molecule has 1 atom stereocenters. The number of nitrogens with zero attached hydrogens (tertiary/aromatic N) is 2. The van der Waals surface area contributed by atoms with Crippen LogP contribution in [0.5, 0.6) is 0 Å². The van der Waals surface area contributed by atoms with E-state index >= 15 is 0 Å². The van der Waals surface area contributed by atoms with Gasteiger partial charge in [-0.15, -0.1) is 0 Å². The van der Waals surface area contributed by atoms with E-state index < -0.39 is 5.97 Å². The number of carbonyl (C=O) groups is 2. The van der Waals surface area contributed by atoms with Crippen LogP contribution in [0.2, 0.25) is 0 Å². The zero-order valence-electron chi connectivity index (χ0n) is 13.0. The monoisotopic (exact) mass is 314 g/mol. The van der Waals surface area contributed by atoms with Gasteiger partial charge in [0.25, 0.3) is 0 Å². The van der Waals surface area contributed by atoms with Crippen molar-refractivity contribution >= 4 is 23.8 Å². The minimum absolute atomic E-state index is 0.145. The quantitative estimate of drug-likeness (QED) is 0.869. The van der Waals surface area contributed by atoms with E-state index in [1.807, 2.05) is 21.6 Å². The molecule has 0 aromatic rings. The van der Waals surface area contributed by atoms with Crippen LogP contribution in [0.3, 0.4) is 0 Å². The topological polar surface area (TPSA) is 60.9 Å². The molecule has 1 N–H and O–H groups in total. The van der Waals surface area contributed by atoms with Crippen LogP contribution in [-0.4, -0.2) is 63.6 Å². The molecule has 120 valence electrons. The summed E-state index contributed by atoms with van der Waals surface area (Å²) >= 11 is 1.94. The van der Waals surface area contributed by atoms with Gasteiger partial charge in [0.05, 0.1) is 0 Å². The molecule has 0 aliphatic carbocycles. The molecule has 2 saturated heterocycles. The smallest absolute Gasteiger partial charge is 0.320 e. The summed E-state index contributed by atoms with van der Waals surface area (Å²) in [6.07, 6.45) is 2.86. The highest BCUT2D eigenvalue weighted by atomic mass is 32.2. The number of likely N-dealkylation sites (tertiary alicyclic amines) is 1. The summed E-state index contributed by atoms with van der Waals surface area (Å²) in [6.45, 7) is 7.63. The third kappa shape index (κ3) is 4.80. The van der Waals surface area contributed by atoms with Crippen molar-refractivity contribution < 1.29 is 14.7 Å². The second-order valence-electron chi connectivity index (χ2n) is 6.66. The normalized spacial score (nSPS) is 25.7. The minimum Gasteiger partial charge on any atom is -0.481 e. The molecule has 0 radical (unpaired) electrons. The number of carbonyl (C=O) groups excluding carboxylic acids is 1. The molecule has 2 amide bonds. The molecule has 2 aliphatic heterocycles. The molecule has 0 aromatic carbocycles. The van der Waals surface area contributed by atoms with Gasteiger partial charge in [0.2, 0.25) is 0 Å². The number of urea groups is 1. The molecule has 2 heterocycles. The van der Waals surface area contributed by atoms with Crippen molar-refractivity contribution in [3.63, 3.8) is 0 Å². The highest BCUT2D eigenvalue weighted by Gasteiger charge is 2.32. The van der Waals surface area contributed by atoms with Crippen LogP contribution in [0.25, 0.3) is 0 Å². The van der Waals surface area contributed by atoms with Crippen molar-refractivity contribution in [3.8, 4) is 0 Å². The van der Waals surface area contributed by atoms with E-state index in [2.05, 4.69) is 13.8 Å². The van der Waals surface area contributed by atoms with Gasteiger partial charge in [-0.25, -0.2) is 4.79 Å². The molecule has 2 fully saturated rings. The van der Waals surface area contributed by atoms with Crippen molar-refractivity contribution in [1.29, 1.82) is 0 Å². The summed E-state index contributed by atoms with van der Waals surface area (Å²) in [5, 5.41) is 8.74.